The van der Waals surface area contributed by atoms with E-state index in [9.17, 15) is 9.59 Å². The van der Waals surface area contributed by atoms with Crippen LogP contribution in [0.1, 0.15) is 63.4 Å². The molecule has 1 fully saturated rings. The molecule has 2 N–H and O–H groups in total. The van der Waals surface area contributed by atoms with Crippen molar-refractivity contribution in [1.29, 1.82) is 0 Å². The van der Waals surface area contributed by atoms with Crippen LogP contribution in [0.3, 0.4) is 0 Å². The van der Waals surface area contributed by atoms with Gasteiger partial charge in [-0.25, -0.2) is 0 Å². The predicted octanol–water partition coefficient (Wildman–Crippen LogP) is 3.32. The molecule has 0 bridgehead atoms. The van der Waals surface area contributed by atoms with Crippen molar-refractivity contribution >= 4 is 11.7 Å². The van der Waals surface area contributed by atoms with Gasteiger partial charge in [-0.2, -0.15) is 0 Å². The molecule has 1 aliphatic heterocycles. The van der Waals surface area contributed by atoms with Crippen molar-refractivity contribution < 1.29 is 14.3 Å². The zero-order chi connectivity index (χ0) is 18.9. The molecule has 2 heterocycles. The van der Waals surface area contributed by atoms with Crippen LogP contribution in [0, 0.1) is 6.92 Å². The van der Waals surface area contributed by atoms with Gasteiger partial charge in [-0.1, -0.05) is 30.3 Å². The van der Waals surface area contributed by atoms with E-state index in [2.05, 4.69) is 22.4 Å². The normalized spacial score (nSPS) is 18.8. The molecule has 1 aliphatic carbocycles. The van der Waals surface area contributed by atoms with E-state index in [0.29, 0.717) is 37.3 Å². The van der Waals surface area contributed by atoms with E-state index in [4.69, 9.17) is 4.74 Å². The topological polar surface area (TPSA) is 71.2 Å². The summed E-state index contributed by atoms with van der Waals surface area (Å²) < 4.78 is 5.57. The van der Waals surface area contributed by atoms with Gasteiger partial charge in [0, 0.05) is 43.0 Å². The number of aromatic nitrogens is 1. The molecule has 1 amide bonds. The number of ether oxygens (including phenoxy) is 1. The van der Waals surface area contributed by atoms with Gasteiger partial charge in [-0.15, -0.1) is 0 Å². The van der Waals surface area contributed by atoms with Gasteiger partial charge in [0.2, 0.25) is 0 Å². The molecule has 0 spiro atoms. The van der Waals surface area contributed by atoms with Gasteiger partial charge in [0.25, 0.3) is 5.91 Å². The second-order valence-corrected chi connectivity index (χ2v) is 7.70. The van der Waals surface area contributed by atoms with Crippen molar-refractivity contribution in [2.75, 3.05) is 19.8 Å². The second kappa shape index (κ2) is 7.31. The van der Waals surface area contributed by atoms with Gasteiger partial charge in [0.15, 0.2) is 5.78 Å². The molecule has 0 atom stereocenters. The molecule has 0 saturated carbocycles. The second-order valence-electron chi connectivity index (χ2n) is 7.70. The number of hydrogen-bond acceptors (Lipinski definition) is 3. The minimum atomic E-state index is -0.151. The highest BCUT2D eigenvalue weighted by atomic mass is 16.5. The summed E-state index contributed by atoms with van der Waals surface area (Å²) in [6, 6.07) is 10.4. The van der Waals surface area contributed by atoms with Crippen LogP contribution >= 0.6 is 0 Å². The van der Waals surface area contributed by atoms with Gasteiger partial charge in [0.05, 0.1) is 11.1 Å². The Labute approximate surface area is 159 Å². The van der Waals surface area contributed by atoms with Crippen LogP contribution in [0.25, 0.3) is 0 Å². The average Bonchev–Trinajstić information content (AvgIpc) is 3.05. The van der Waals surface area contributed by atoms with E-state index in [-0.39, 0.29) is 17.1 Å². The maximum atomic E-state index is 13.0. The molecule has 5 nitrogen and oxygen atoms in total. The average molecular weight is 366 g/mol. The van der Waals surface area contributed by atoms with Crippen molar-refractivity contribution in [2.45, 2.75) is 44.4 Å². The van der Waals surface area contributed by atoms with Gasteiger partial charge in [-0.3, -0.25) is 9.59 Å². The van der Waals surface area contributed by atoms with Gasteiger partial charge in [0.1, 0.15) is 0 Å². The quantitative estimate of drug-likeness (QED) is 0.872. The Kier molecular flexibility index (Phi) is 4.87. The lowest BCUT2D eigenvalue weighted by atomic mass is 9.74. The van der Waals surface area contributed by atoms with E-state index >= 15 is 0 Å². The number of aryl methyl sites for hydroxylation is 2. The van der Waals surface area contributed by atoms with Crippen molar-refractivity contribution in [3.63, 3.8) is 0 Å². The molecule has 1 aromatic carbocycles. The number of H-pyrrole nitrogens is 1. The highest BCUT2D eigenvalue weighted by Crippen LogP contribution is 2.34. The number of fused-ring (bicyclic) bond motifs is 1. The molecule has 0 unspecified atom stereocenters. The maximum Gasteiger partial charge on any atom is 0.253 e. The van der Waals surface area contributed by atoms with Crippen LogP contribution in [0.2, 0.25) is 0 Å². The lowest BCUT2D eigenvalue weighted by Gasteiger charge is -2.38. The molecular formula is C22H26N2O3. The number of nitrogens with one attached hydrogen (secondary N) is 2. The fraction of sp³-hybridized carbons (Fsp3) is 0.455. The van der Waals surface area contributed by atoms with Crippen molar-refractivity contribution in [1.82, 2.24) is 10.3 Å². The summed E-state index contributed by atoms with van der Waals surface area (Å²) in [4.78, 5) is 28.7. The number of hydrogen-bond donors (Lipinski definition) is 2. The maximum absolute atomic E-state index is 13.0. The zero-order valence-electron chi connectivity index (χ0n) is 15.8. The van der Waals surface area contributed by atoms with Crippen molar-refractivity contribution in [3.8, 4) is 0 Å². The Hall–Kier alpha value is -2.40. The lowest BCUT2D eigenvalue weighted by molar-refractivity contribution is 0.0487. The Balaban J connectivity index is 1.58. The molecule has 1 aromatic heterocycles. The van der Waals surface area contributed by atoms with Gasteiger partial charge in [-0.05, 0) is 38.2 Å². The number of aromatic amines is 1. The first kappa shape index (κ1) is 18.0. The Bertz CT molecular complexity index is 848. The molecule has 2 aromatic rings. The van der Waals surface area contributed by atoms with Crippen molar-refractivity contribution in [2.24, 2.45) is 0 Å². The monoisotopic (exact) mass is 366 g/mol. The largest absolute Gasteiger partial charge is 0.381 e. The summed E-state index contributed by atoms with van der Waals surface area (Å²) >= 11 is 0. The van der Waals surface area contributed by atoms with E-state index in [1.807, 2.05) is 25.1 Å². The summed E-state index contributed by atoms with van der Waals surface area (Å²) in [5.74, 6) is -0.0726. The molecule has 142 valence electrons. The van der Waals surface area contributed by atoms with Gasteiger partial charge < -0.3 is 15.0 Å². The first-order valence-electron chi connectivity index (χ1n) is 9.77. The molecule has 2 aliphatic rings. The fourth-order valence-electron chi connectivity index (χ4n) is 4.48. The van der Waals surface area contributed by atoms with Crippen LogP contribution in [0.4, 0.5) is 0 Å². The first-order chi connectivity index (χ1) is 13.1. The predicted molar refractivity (Wildman–Crippen MR) is 103 cm³/mol. The van der Waals surface area contributed by atoms with Crippen LogP contribution < -0.4 is 5.32 Å². The van der Waals surface area contributed by atoms with E-state index in [0.717, 1.165) is 37.1 Å². The van der Waals surface area contributed by atoms with Crippen LogP contribution in [0.5, 0.6) is 0 Å². The zero-order valence-corrected chi connectivity index (χ0v) is 15.8. The number of rotatable bonds is 4. The molecule has 27 heavy (non-hydrogen) atoms. The highest BCUT2D eigenvalue weighted by molar-refractivity contribution is 6.10. The summed E-state index contributed by atoms with van der Waals surface area (Å²) in [6.07, 6.45) is 3.96. The van der Waals surface area contributed by atoms with Gasteiger partial charge >= 0.3 is 0 Å². The number of carbonyl (C=O) groups is 2. The number of amides is 1. The van der Waals surface area contributed by atoms with E-state index in [1.165, 1.54) is 5.56 Å². The number of ketones is 1. The summed E-state index contributed by atoms with van der Waals surface area (Å²) in [5, 5.41) is 3.14. The third kappa shape index (κ3) is 3.32. The minimum Gasteiger partial charge on any atom is -0.381 e. The Morgan fingerprint density at radius 2 is 1.93 bits per heavy atom. The Morgan fingerprint density at radius 3 is 2.67 bits per heavy atom. The molecule has 1 saturated heterocycles. The molecule has 4 rings (SSSR count). The number of benzene rings is 1. The van der Waals surface area contributed by atoms with Crippen LogP contribution in [0.15, 0.2) is 30.3 Å². The smallest absolute Gasteiger partial charge is 0.253 e. The Morgan fingerprint density at radius 1 is 1.19 bits per heavy atom. The standard InChI is InChI=1S/C22H26N2O3/c1-15-19(20-17(24-15)8-5-9-18(20)25)21(26)23-14-22(10-12-27-13-11-22)16-6-3-2-4-7-16/h2-4,6-7,24H,5,8-14H2,1H3,(H,23,26). The molecule has 0 radical (unpaired) electrons. The minimum absolute atomic E-state index is 0.0783. The summed E-state index contributed by atoms with van der Waals surface area (Å²) in [7, 11) is 0. The third-order valence-electron chi connectivity index (χ3n) is 6.03. The number of Topliss-reactive ketones (excluding diaryl/α,β-unsaturated/α-hetero) is 1. The number of carbonyl (C=O) groups excluding carboxylic acids is 2. The summed E-state index contributed by atoms with van der Waals surface area (Å²) in [5.41, 5.74) is 3.95. The highest BCUT2D eigenvalue weighted by Gasteiger charge is 2.36. The van der Waals surface area contributed by atoms with E-state index in [1.54, 1.807) is 0 Å². The molecular weight excluding hydrogens is 340 g/mol. The lowest BCUT2D eigenvalue weighted by Crippen LogP contribution is -2.44. The van der Waals surface area contributed by atoms with Crippen molar-refractivity contribution in [3.05, 3.63) is 58.4 Å². The van der Waals surface area contributed by atoms with Crippen LogP contribution in [-0.2, 0) is 16.6 Å². The fourth-order valence-corrected chi connectivity index (χ4v) is 4.48. The van der Waals surface area contributed by atoms with Crippen LogP contribution in [-0.4, -0.2) is 36.4 Å². The SMILES string of the molecule is Cc1[nH]c2c(c1C(=O)NCC1(c3ccccc3)CCOCC1)C(=O)CCC2. The first-order valence-corrected chi connectivity index (χ1v) is 9.77. The molecule has 5 heteroatoms. The third-order valence-corrected chi connectivity index (χ3v) is 6.03. The van der Waals surface area contributed by atoms with E-state index < -0.39 is 0 Å². The summed E-state index contributed by atoms with van der Waals surface area (Å²) in [6.45, 7) is 3.82.